The Labute approximate surface area is 104 Å². The second kappa shape index (κ2) is 6.57. The first-order valence-electron chi connectivity index (χ1n) is 6.05. The second-order valence-electron chi connectivity index (χ2n) is 4.12. The van der Waals surface area contributed by atoms with Gasteiger partial charge in [-0.05, 0) is 24.5 Å². The van der Waals surface area contributed by atoms with Crippen LogP contribution in [0, 0.1) is 23.3 Å². The highest BCUT2D eigenvalue weighted by Crippen LogP contribution is 2.28. The van der Waals surface area contributed by atoms with Crippen molar-refractivity contribution in [1.82, 2.24) is 0 Å². The van der Waals surface area contributed by atoms with E-state index in [9.17, 15) is 17.6 Å². The summed E-state index contributed by atoms with van der Waals surface area (Å²) in [7, 11) is 0. The van der Waals surface area contributed by atoms with Crippen LogP contribution in [0.5, 0.6) is 0 Å². The van der Waals surface area contributed by atoms with Crippen LogP contribution < -0.4 is 0 Å². The minimum atomic E-state index is -1.76. The van der Waals surface area contributed by atoms with E-state index in [4.69, 9.17) is 0 Å². The molecule has 0 amide bonds. The van der Waals surface area contributed by atoms with Crippen LogP contribution in [-0.4, -0.2) is 0 Å². The minimum Gasteiger partial charge on any atom is -0.204 e. The molecule has 1 aromatic rings. The normalized spacial score (nSPS) is 12.0. The molecule has 0 bridgehead atoms. The van der Waals surface area contributed by atoms with E-state index in [2.05, 4.69) is 0 Å². The summed E-state index contributed by atoms with van der Waals surface area (Å²) in [6.45, 7) is 3.83. The molecule has 0 saturated heterocycles. The van der Waals surface area contributed by atoms with Gasteiger partial charge in [0.25, 0.3) is 0 Å². The van der Waals surface area contributed by atoms with Crippen molar-refractivity contribution in [1.29, 1.82) is 0 Å². The third-order valence-electron chi connectivity index (χ3n) is 2.65. The lowest BCUT2D eigenvalue weighted by Crippen LogP contribution is -2.01. The third-order valence-corrected chi connectivity index (χ3v) is 2.65. The molecule has 4 heteroatoms. The van der Waals surface area contributed by atoms with E-state index in [-0.39, 0.29) is 5.56 Å². The first-order chi connectivity index (χ1) is 8.52. The third kappa shape index (κ3) is 3.12. The molecule has 0 atom stereocenters. The standard InChI is InChI=1S/C14H16F4/c1-3-5-7-9(6-4-2)10-8-11(15)13(17)14(18)12(10)16/h7-8H,3-6H2,1-2H3/b9-7+. The molecule has 0 fully saturated rings. The van der Waals surface area contributed by atoms with E-state index >= 15 is 0 Å². The Morgan fingerprint density at radius 1 is 1.00 bits per heavy atom. The fourth-order valence-corrected chi connectivity index (χ4v) is 1.74. The monoisotopic (exact) mass is 260 g/mol. The van der Waals surface area contributed by atoms with Crippen LogP contribution in [0.1, 0.15) is 45.1 Å². The van der Waals surface area contributed by atoms with Crippen LogP contribution in [-0.2, 0) is 0 Å². The number of unbranched alkanes of at least 4 members (excludes halogenated alkanes) is 1. The summed E-state index contributed by atoms with van der Waals surface area (Å²) in [5, 5.41) is 0. The molecule has 0 radical (unpaired) electrons. The number of hydrogen-bond acceptors (Lipinski definition) is 0. The Morgan fingerprint density at radius 3 is 2.22 bits per heavy atom. The van der Waals surface area contributed by atoms with Gasteiger partial charge in [0.2, 0.25) is 0 Å². The Hall–Kier alpha value is -1.32. The van der Waals surface area contributed by atoms with Gasteiger partial charge in [0, 0.05) is 5.56 Å². The number of halogens is 4. The van der Waals surface area contributed by atoms with Crippen LogP contribution >= 0.6 is 0 Å². The van der Waals surface area contributed by atoms with Gasteiger partial charge in [-0.1, -0.05) is 32.8 Å². The Morgan fingerprint density at radius 2 is 1.67 bits per heavy atom. The fourth-order valence-electron chi connectivity index (χ4n) is 1.74. The maximum Gasteiger partial charge on any atom is 0.198 e. The number of hydrogen-bond donors (Lipinski definition) is 0. The van der Waals surface area contributed by atoms with Crippen molar-refractivity contribution in [3.63, 3.8) is 0 Å². The average Bonchev–Trinajstić information content (AvgIpc) is 2.36. The van der Waals surface area contributed by atoms with Crippen LogP contribution in [0.4, 0.5) is 17.6 Å². The topological polar surface area (TPSA) is 0 Å². The van der Waals surface area contributed by atoms with Gasteiger partial charge in [0.1, 0.15) is 0 Å². The van der Waals surface area contributed by atoms with Gasteiger partial charge in [-0.3, -0.25) is 0 Å². The molecule has 0 heterocycles. The van der Waals surface area contributed by atoms with Crippen LogP contribution in [0.25, 0.3) is 5.57 Å². The SMILES string of the molecule is CCC/C=C(\CCC)c1cc(F)c(F)c(F)c1F. The Balaban J connectivity index is 3.28. The zero-order chi connectivity index (χ0) is 13.7. The molecule has 1 rings (SSSR count). The minimum absolute atomic E-state index is 0.179. The lowest BCUT2D eigenvalue weighted by Gasteiger charge is -2.10. The molecule has 0 aliphatic carbocycles. The zero-order valence-electron chi connectivity index (χ0n) is 10.5. The number of rotatable bonds is 5. The average molecular weight is 260 g/mol. The summed E-state index contributed by atoms with van der Waals surface area (Å²) in [6.07, 6.45) is 4.51. The largest absolute Gasteiger partial charge is 0.204 e. The molecule has 0 N–H and O–H groups in total. The van der Waals surface area contributed by atoms with E-state index in [1.165, 1.54) is 0 Å². The smallest absolute Gasteiger partial charge is 0.198 e. The van der Waals surface area contributed by atoms with E-state index in [1.807, 2.05) is 13.8 Å². The predicted molar refractivity (Wildman–Crippen MR) is 64.1 cm³/mol. The van der Waals surface area contributed by atoms with Crippen LogP contribution in [0.2, 0.25) is 0 Å². The lowest BCUT2D eigenvalue weighted by atomic mass is 9.98. The molecule has 18 heavy (non-hydrogen) atoms. The van der Waals surface area contributed by atoms with Crippen molar-refractivity contribution in [2.24, 2.45) is 0 Å². The highest BCUT2D eigenvalue weighted by Gasteiger charge is 2.20. The van der Waals surface area contributed by atoms with Gasteiger partial charge < -0.3 is 0 Å². The molecule has 1 aromatic carbocycles. The highest BCUT2D eigenvalue weighted by atomic mass is 19.2. The van der Waals surface area contributed by atoms with Crippen LogP contribution in [0.15, 0.2) is 12.1 Å². The first-order valence-corrected chi connectivity index (χ1v) is 6.05. The van der Waals surface area contributed by atoms with Gasteiger partial charge in [-0.25, -0.2) is 17.6 Å². The van der Waals surface area contributed by atoms with Gasteiger partial charge >= 0.3 is 0 Å². The molecule has 100 valence electrons. The summed E-state index contributed by atoms with van der Waals surface area (Å²) >= 11 is 0. The van der Waals surface area contributed by atoms with Crippen molar-refractivity contribution in [2.75, 3.05) is 0 Å². The summed E-state index contributed by atoms with van der Waals surface area (Å²) in [5.41, 5.74) is 0.344. The second-order valence-corrected chi connectivity index (χ2v) is 4.12. The van der Waals surface area contributed by atoms with Crippen molar-refractivity contribution < 1.29 is 17.6 Å². The molecule has 0 spiro atoms. The summed E-state index contributed by atoms with van der Waals surface area (Å²) in [4.78, 5) is 0. The van der Waals surface area contributed by atoms with Crippen molar-refractivity contribution in [3.8, 4) is 0 Å². The quantitative estimate of drug-likeness (QED) is 0.386. The van der Waals surface area contributed by atoms with E-state index < -0.39 is 23.3 Å². The first kappa shape index (κ1) is 14.7. The van der Waals surface area contributed by atoms with Crippen molar-refractivity contribution >= 4 is 5.57 Å². The van der Waals surface area contributed by atoms with E-state index in [1.54, 1.807) is 6.08 Å². The van der Waals surface area contributed by atoms with Crippen molar-refractivity contribution in [3.05, 3.63) is 41.0 Å². The number of allylic oxidation sites excluding steroid dienone is 2. The van der Waals surface area contributed by atoms with Gasteiger partial charge in [-0.2, -0.15) is 0 Å². The fraction of sp³-hybridized carbons (Fsp3) is 0.429. The van der Waals surface area contributed by atoms with Gasteiger partial charge in [-0.15, -0.1) is 0 Å². The summed E-state index contributed by atoms with van der Waals surface area (Å²) < 4.78 is 52.8. The lowest BCUT2D eigenvalue weighted by molar-refractivity contribution is 0.407. The summed E-state index contributed by atoms with van der Waals surface area (Å²) in [6, 6.07) is 0.727. The van der Waals surface area contributed by atoms with Crippen molar-refractivity contribution in [2.45, 2.75) is 39.5 Å². The van der Waals surface area contributed by atoms with E-state index in [0.717, 1.165) is 18.9 Å². The Kier molecular flexibility index (Phi) is 5.38. The number of benzene rings is 1. The van der Waals surface area contributed by atoms with Crippen LogP contribution in [0.3, 0.4) is 0 Å². The molecule has 0 nitrogen and oxygen atoms in total. The molecule has 0 aliphatic heterocycles. The maximum absolute atomic E-state index is 13.6. The molecule has 0 unspecified atom stereocenters. The van der Waals surface area contributed by atoms with Gasteiger partial charge in [0.15, 0.2) is 23.3 Å². The molecule has 0 saturated carbocycles. The summed E-state index contributed by atoms with van der Waals surface area (Å²) in [5.74, 6) is -6.18. The molecular formula is C14H16F4. The van der Waals surface area contributed by atoms with Gasteiger partial charge in [0.05, 0.1) is 0 Å². The highest BCUT2D eigenvalue weighted by molar-refractivity contribution is 5.66. The predicted octanol–water partition coefficient (Wildman–Crippen LogP) is 5.23. The van der Waals surface area contributed by atoms with E-state index in [0.29, 0.717) is 18.4 Å². The maximum atomic E-state index is 13.6. The Bertz CT molecular complexity index is 450. The molecule has 0 aromatic heterocycles. The molecule has 0 aliphatic rings. The zero-order valence-corrected chi connectivity index (χ0v) is 10.5. The molecular weight excluding hydrogens is 244 g/mol.